The van der Waals surface area contributed by atoms with Crippen LogP contribution < -0.4 is 0 Å². The lowest BCUT2D eigenvalue weighted by molar-refractivity contribution is 0.445. The van der Waals surface area contributed by atoms with Gasteiger partial charge in [-0.25, -0.2) is 0 Å². The number of nitrogens with zero attached hydrogens (tertiary/aromatic N) is 1. The Morgan fingerprint density at radius 2 is 1.72 bits per heavy atom. The highest BCUT2D eigenvalue weighted by molar-refractivity contribution is 7.90. The second kappa shape index (κ2) is 5.85. The minimum atomic E-state index is -3.57. The van der Waals surface area contributed by atoms with Crippen LogP contribution >= 0.6 is 11.6 Å². The molecule has 18 heavy (non-hydrogen) atoms. The van der Waals surface area contributed by atoms with Gasteiger partial charge in [-0.05, 0) is 43.0 Å². The molecular formula is C13H16ClNO2S. The Balaban J connectivity index is 2.11. The van der Waals surface area contributed by atoms with Gasteiger partial charge in [-0.3, -0.25) is 0 Å². The van der Waals surface area contributed by atoms with E-state index in [2.05, 4.69) is 4.40 Å². The zero-order valence-electron chi connectivity index (χ0n) is 10.0. The fraction of sp³-hybridized carbons (Fsp3) is 0.462. The van der Waals surface area contributed by atoms with E-state index in [0.29, 0.717) is 10.9 Å². The average Bonchev–Trinajstić information content (AvgIpc) is 2.38. The molecule has 0 atom stereocenters. The summed E-state index contributed by atoms with van der Waals surface area (Å²) in [5.41, 5.74) is 0. The Hall–Kier alpha value is -0.870. The monoisotopic (exact) mass is 285 g/mol. The van der Waals surface area contributed by atoms with E-state index in [0.717, 1.165) is 25.7 Å². The van der Waals surface area contributed by atoms with Gasteiger partial charge >= 0.3 is 0 Å². The van der Waals surface area contributed by atoms with Crippen molar-refractivity contribution in [1.29, 1.82) is 0 Å². The molecule has 0 heterocycles. The van der Waals surface area contributed by atoms with Crippen LogP contribution in [0, 0.1) is 5.92 Å². The Morgan fingerprint density at radius 3 is 2.33 bits per heavy atom. The van der Waals surface area contributed by atoms with E-state index in [-0.39, 0.29) is 4.90 Å². The van der Waals surface area contributed by atoms with Crippen molar-refractivity contribution >= 4 is 27.8 Å². The summed E-state index contributed by atoms with van der Waals surface area (Å²) < 4.78 is 27.7. The van der Waals surface area contributed by atoms with E-state index in [1.807, 2.05) is 0 Å². The maximum absolute atomic E-state index is 11.9. The van der Waals surface area contributed by atoms with E-state index in [1.165, 1.54) is 18.6 Å². The van der Waals surface area contributed by atoms with E-state index in [4.69, 9.17) is 11.6 Å². The highest BCUT2D eigenvalue weighted by Gasteiger charge is 2.15. The number of hydrogen-bond donors (Lipinski definition) is 0. The number of hydrogen-bond acceptors (Lipinski definition) is 2. The van der Waals surface area contributed by atoms with E-state index in [9.17, 15) is 8.42 Å². The molecule has 1 aromatic carbocycles. The average molecular weight is 286 g/mol. The zero-order chi connectivity index (χ0) is 13.0. The van der Waals surface area contributed by atoms with Gasteiger partial charge in [-0.1, -0.05) is 30.9 Å². The number of benzene rings is 1. The van der Waals surface area contributed by atoms with Crippen molar-refractivity contribution in [3.05, 3.63) is 29.3 Å². The number of sulfonamides is 1. The normalized spacial score (nSPS) is 18.3. The zero-order valence-corrected chi connectivity index (χ0v) is 11.6. The largest absolute Gasteiger partial charge is 0.281 e. The molecule has 0 amide bonds. The van der Waals surface area contributed by atoms with E-state index >= 15 is 0 Å². The highest BCUT2D eigenvalue weighted by atomic mass is 35.5. The number of rotatable bonds is 3. The molecule has 2 rings (SSSR count). The van der Waals surface area contributed by atoms with Crippen LogP contribution in [-0.2, 0) is 10.0 Å². The Bertz CT molecular complexity index is 516. The molecule has 1 fully saturated rings. The summed E-state index contributed by atoms with van der Waals surface area (Å²) in [4.78, 5) is 0.193. The molecule has 0 saturated heterocycles. The molecule has 1 aliphatic rings. The van der Waals surface area contributed by atoms with Crippen LogP contribution in [0.25, 0.3) is 0 Å². The van der Waals surface area contributed by atoms with Gasteiger partial charge in [0.2, 0.25) is 0 Å². The van der Waals surface area contributed by atoms with Gasteiger partial charge in [-0.15, -0.1) is 0 Å². The second-order valence-electron chi connectivity index (χ2n) is 4.58. The van der Waals surface area contributed by atoms with Crippen molar-refractivity contribution in [3.63, 3.8) is 0 Å². The van der Waals surface area contributed by atoms with Crippen LogP contribution in [0.1, 0.15) is 32.1 Å². The SMILES string of the molecule is O=S(=O)(N=CC1CCCCC1)c1ccc(Cl)cc1. The molecule has 0 N–H and O–H groups in total. The first kappa shape index (κ1) is 13.6. The van der Waals surface area contributed by atoms with Crippen LogP contribution in [0.3, 0.4) is 0 Å². The van der Waals surface area contributed by atoms with Gasteiger partial charge in [0.25, 0.3) is 10.0 Å². The minimum Gasteiger partial charge on any atom is -0.199 e. The molecule has 1 saturated carbocycles. The fourth-order valence-electron chi connectivity index (χ4n) is 2.12. The Kier molecular flexibility index (Phi) is 4.40. The molecule has 98 valence electrons. The first-order valence-corrected chi connectivity index (χ1v) is 7.96. The van der Waals surface area contributed by atoms with E-state index in [1.54, 1.807) is 18.3 Å². The number of halogens is 1. The standard InChI is InChI=1S/C13H16ClNO2S/c14-12-6-8-13(9-7-12)18(16,17)15-10-11-4-2-1-3-5-11/h6-11H,1-5H2. The topological polar surface area (TPSA) is 46.5 Å². The first-order valence-electron chi connectivity index (χ1n) is 6.14. The second-order valence-corrected chi connectivity index (χ2v) is 6.65. The van der Waals surface area contributed by atoms with Gasteiger partial charge in [0.15, 0.2) is 0 Å². The molecule has 0 aliphatic heterocycles. The lowest BCUT2D eigenvalue weighted by Crippen LogP contribution is -2.09. The summed E-state index contributed by atoms with van der Waals surface area (Å²) in [6.45, 7) is 0. The quantitative estimate of drug-likeness (QED) is 0.795. The summed E-state index contributed by atoms with van der Waals surface area (Å²) in [6.07, 6.45) is 7.26. The van der Waals surface area contributed by atoms with Crippen LogP contribution in [-0.4, -0.2) is 14.6 Å². The fourth-order valence-corrected chi connectivity index (χ4v) is 3.18. The predicted octanol–water partition coefficient (Wildman–Crippen LogP) is 3.68. The van der Waals surface area contributed by atoms with Crippen molar-refractivity contribution in [2.24, 2.45) is 10.3 Å². The van der Waals surface area contributed by atoms with Gasteiger partial charge < -0.3 is 0 Å². The van der Waals surface area contributed by atoms with Crippen molar-refractivity contribution in [2.75, 3.05) is 0 Å². The van der Waals surface area contributed by atoms with Gasteiger partial charge in [0, 0.05) is 11.2 Å². The van der Waals surface area contributed by atoms with Crippen molar-refractivity contribution in [1.82, 2.24) is 0 Å². The van der Waals surface area contributed by atoms with Crippen LogP contribution in [0.2, 0.25) is 5.02 Å². The molecule has 0 bridgehead atoms. The molecule has 0 unspecified atom stereocenters. The molecule has 5 heteroatoms. The summed E-state index contributed by atoms with van der Waals surface area (Å²) in [5.74, 6) is 0.306. The Labute approximate surface area is 113 Å². The van der Waals surface area contributed by atoms with Crippen LogP contribution in [0.15, 0.2) is 33.6 Å². The van der Waals surface area contributed by atoms with Crippen molar-refractivity contribution in [2.45, 2.75) is 37.0 Å². The van der Waals surface area contributed by atoms with Crippen molar-refractivity contribution < 1.29 is 8.42 Å². The predicted molar refractivity (Wildman–Crippen MR) is 73.7 cm³/mol. The molecule has 0 spiro atoms. The van der Waals surface area contributed by atoms with Gasteiger partial charge in [0.1, 0.15) is 0 Å². The third kappa shape index (κ3) is 3.56. The molecule has 0 aromatic heterocycles. The lowest BCUT2D eigenvalue weighted by atomic mass is 9.90. The maximum Gasteiger partial charge on any atom is 0.281 e. The van der Waals surface area contributed by atoms with E-state index < -0.39 is 10.0 Å². The maximum atomic E-state index is 11.9. The lowest BCUT2D eigenvalue weighted by Gasteiger charge is -2.16. The van der Waals surface area contributed by atoms with Gasteiger partial charge in [-0.2, -0.15) is 12.8 Å². The molecule has 1 aromatic rings. The summed E-state index contributed by atoms with van der Waals surface area (Å²) >= 11 is 5.73. The first-order chi connectivity index (χ1) is 8.58. The molecule has 3 nitrogen and oxygen atoms in total. The van der Waals surface area contributed by atoms with Crippen LogP contribution in [0.5, 0.6) is 0 Å². The molecule has 0 radical (unpaired) electrons. The highest BCUT2D eigenvalue weighted by Crippen LogP contribution is 2.23. The summed E-state index contributed by atoms with van der Waals surface area (Å²) in [7, 11) is -3.57. The van der Waals surface area contributed by atoms with Gasteiger partial charge in [0.05, 0.1) is 4.90 Å². The molecular weight excluding hydrogens is 270 g/mol. The molecule has 1 aliphatic carbocycles. The third-order valence-electron chi connectivity index (χ3n) is 3.17. The summed E-state index contributed by atoms with van der Waals surface area (Å²) in [5, 5.41) is 0.519. The minimum absolute atomic E-state index is 0.193. The van der Waals surface area contributed by atoms with Crippen molar-refractivity contribution in [3.8, 4) is 0 Å². The van der Waals surface area contributed by atoms with Crippen LogP contribution in [0.4, 0.5) is 0 Å². The smallest absolute Gasteiger partial charge is 0.199 e. The third-order valence-corrected chi connectivity index (χ3v) is 4.69. The Morgan fingerprint density at radius 1 is 1.11 bits per heavy atom. The summed E-state index contributed by atoms with van der Waals surface area (Å²) in [6, 6.07) is 6.08.